The van der Waals surface area contributed by atoms with Crippen LogP contribution in [0, 0.1) is 0 Å². The van der Waals surface area contributed by atoms with Crippen molar-refractivity contribution in [3.63, 3.8) is 0 Å². The Kier molecular flexibility index (Phi) is 4.30. The molecule has 0 saturated carbocycles. The van der Waals surface area contributed by atoms with Crippen LogP contribution >= 0.6 is 0 Å². The minimum absolute atomic E-state index is 0.162. The van der Waals surface area contributed by atoms with Gasteiger partial charge in [-0.25, -0.2) is 9.97 Å². The summed E-state index contributed by atoms with van der Waals surface area (Å²) in [5, 5.41) is 14.5. The normalized spacial score (nSPS) is 13.9. The number of hydrogen-bond acceptors (Lipinski definition) is 6. The van der Waals surface area contributed by atoms with Crippen molar-refractivity contribution < 1.29 is 4.79 Å². The summed E-state index contributed by atoms with van der Waals surface area (Å²) in [5.74, 6) is 2.12. The zero-order valence-corrected chi connectivity index (χ0v) is 14.4. The van der Waals surface area contributed by atoms with Crippen LogP contribution in [0.4, 0.5) is 11.6 Å². The molecule has 8 nitrogen and oxygen atoms in total. The van der Waals surface area contributed by atoms with Gasteiger partial charge in [0.25, 0.3) is 5.91 Å². The van der Waals surface area contributed by atoms with Crippen molar-refractivity contribution in [2.45, 2.75) is 32.4 Å². The SMILES string of the molecule is CC(NC(=O)c1cccc(Nc2ncccn2)c1)c1nnc2n1CCC2. The van der Waals surface area contributed by atoms with Gasteiger partial charge in [-0.1, -0.05) is 6.07 Å². The number of nitrogens with zero attached hydrogens (tertiary/aromatic N) is 5. The monoisotopic (exact) mass is 349 g/mol. The second-order valence-corrected chi connectivity index (χ2v) is 6.20. The van der Waals surface area contributed by atoms with Crippen LogP contribution in [0.15, 0.2) is 42.7 Å². The molecule has 132 valence electrons. The topological polar surface area (TPSA) is 97.6 Å². The summed E-state index contributed by atoms with van der Waals surface area (Å²) in [5.41, 5.74) is 1.30. The molecule has 0 bridgehead atoms. The number of carbonyl (C=O) groups excluding carboxylic acids is 1. The number of nitrogens with one attached hydrogen (secondary N) is 2. The number of rotatable bonds is 5. The molecule has 0 saturated heterocycles. The number of fused-ring (bicyclic) bond motifs is 1. The highest BCUT2D eigenvalue weighted by atomic mass is 16.1. The molecule has 1 aliphatic rings. The van der Waals surface area contributed by atoms with Crippen LogP contribution in [0.1, 0.15) is 41.4 Å². The van der Waals surface area contributed by atoms with Gasteiger partial charge in [0.15, 0.2) is 5.82 Å². The average molecular weight is 349 g/mol. The number of amides is 1. The molecule has 2 N–H and O–H groups in total. The molecule has 1 atom stereocenters. The summed E-state index contributed by atoms with van der Waals surface area (Å²) in [7, 11) is 0. The highest BCUT2D eigenvalue weighted by Crippen LogP contribution is 2.20. The van der Waals surface area contributed by atoms with E-state index in [1.165, 1.54) is 0 Å². The Morgan fingerprint density at radius 2 is 2.04 bits per heavy atom. The molecule has 1 unspecified atom stereocenters. The quantitative estimate of drug-likeness (QED) is 0.733. The molecular weight excluding hydrogens is 330 g/mol. The van der Waals surface area contributed by atoms with E-state index in [1.54, 1.807) is 30.6 Å². The van der Waals surface area contributed by atoms with Crippen molar-refractivity contribution in [3.05, 3.63) is 59.9 Å². The lowest BCUT2D eigenvalue weighted by Gasteiger charge is -2.14. The van der Waals surface area contributed by atoms with E-state index in [2.05, 4.69) is 35.4 Å². The molecule has 8 heteroatoms. The standard InChI is InChI=1S/C18H19N7O/c1-12(16-24-23-15-7-3-10-25(15)16)21-17(26)13-5-2-6-14(11-13)22-18-19-8-4-9-20-18/h2,4-6,8-9,11-12H,3,7,10H2,1H3,(H,21,26)(H,19,20,22). The fourth-order valence-electron chi connectivity index (χ4n) is 3.07. The minimum atomic E-state index is -0.212. The molecule has 0 aliphatic carbocycles. The van der Waals surface area contributed by atoms with Gasteiger partial charge < -0.3 is 15.2 Å². The first-order valence-corrected chi connectivity index (χ1v) is 8.57. The number of carbonyl (C=O) groups is 1. The molecule has 3 heterocycles. The first-order valence-electron chi connectivity index (χ1n) is 8.57. The third kappa shape index (κ3) is 3.26. The average Bonchev–Trinajstić information content (AvgIpc) is 3.26. The fourth-order valence-corrected chi connectivity index (χ4v) is 3.07. The highest BCUT2D eigenvalue weighted by molar-refractivity contribution is 5.95. The van der Waals surface area contributed by atoms with Crippen LogP contribution in [0.2, 0.25) is 0 Å². The van der Waals surface area contributed by atoms with E-state index in [0.717, 1.165) is 36.7 Å². The van der Waals surface area contributed by atoms with Gasteiger partial charge in [-0.05, 0) is 37.6 Å². The molecule has 1 aliphatic heterocycles. The predicted molar refractivity (Wildman–Crippen MR) is 96.0 cm³/mol. The first-order chi connectivity index (χ1) is 12.7. The first kappa shape index (κ1) is 16.2. The van der Waals surface area contributed by atoms with Crippen molar-refractivity contribution >= 4 is 17.5 Å². The molecule has 0 radical (unpaired) electrons. The summed E-state index contributed by atoms with van der Waals surface area (Å²) >= 11 is 0. The van der Waals surface area contributed by atoms with Crippen LogP contribution in [-0.2, 0) is 13.0 Å². The molecule has 3 aromatic rings. The van der Waals surface area contributed by atoms with Gasteiger partial charge >= 0.3 is 0 Å². The molecular formula is C18H19N7O. The van der Waals surface area contributed by atoms with Crippen molar-refractivity contribution in [3.8, 4) is 0 Å². The number of aromatic nitrogens is 5. The van der Waals surface area contributed by atoms with Crippen molar-refractivity contribution in [2.75, 3.05) is 5.32 Å². The van der Waals surface area contributed by atoms with E-state index in [-0.39, 0.29) is 11.9 Å². The molecule has 4 rings (SSSR count). The van der Waals surface area contributed by atoms with E-state index in [0.29, 0.717) is 11.5 Å². The number of benzene rings is 1. The number of aryl methyl sites for hydroxylation is 1. The lowest BCUT2D eigenvalue weighted by molar-refractivity contribution is 0.0937. The summed E-state index contributed by atoms with van der Waals surface area (Å²) < 4.78 is 2.09. The predicted octanol–water partition coefficient (Wildman–Crippen LogP) is 2.25. The zero-order chi connectivity index (χ0) is 17.9. The Morgan fingerprint density at radius 1 is 1.19 bits per heavy atom. The van der Waals surface area contributed by atoms with Crippen molar-refractivity contribution in [1.29, 1.82) is 0 Å². The Balaban J connectivity index is 1.47. The number of anilines is 2. The van der Waals surface area contributed by atoms with Crippen molar-refractivity contribution in [1.82, 2.24) is 30.0 Å². The van der Waals surface area contributed by atoms with Gasteiger partial charge in [-0.2, -0.15) is 0 Å². The van der Waals surface area contributed by atoms with Crippen LogP contribution in [-0.4, -0.2) is 30.6 Å². The van der Waals surface area contributed by atoms with Gasteiger partial charge in [0.2, 0.25) is 5.95 Å². The molecule has 2 aromatic heterocycles. The number of hydrogen-bond donors (Lipinski definition) is 2. The molecule has 0 spiro atoms. The fraction of sp³-hybridized carbons (Fsp3) is 0.278. The second kappa shape index (κ2) is 6.91. The molecule has 1 amide bonds. The molecule has 1 aromatic carbocycles. The highest BCUT2D eigenvalue weighted by Gasteiger charge is 2.22. The van der Waals surface area contributed by atoms with Gasteiger partial charge in [0.05, 0.1) is 6.04 Å². The van der Waals surface area contributed by atoms with Gasteiger partial charge in [0.1, 0.15) is 5.82 Å². The lowest BCUT2D eigenvalue weighted by atomic mass is 10.1. The summed E-state index contributed by atoms with van der Waals surface area (Å²) in [6.07, 6.45) is 5.34. The Labute approximate surface area is 150 Å². The van der Waals surface area contributed by atoms with Crippen LogP contribution < -0.4 is 10.6 Å². The van der Waals surface area contributed by atoms with Gasteiger partial charge in [-0.3, -0.25) is 4.79 Å². The summed E-state index contributed by atoms with van der Waals surface area (Å²) in [6, 6.07) is 8.76. The van der Waals surface area contributed by atoms with E-state index in [4.69, 9.17) is 0 Å². The minimum Gasteiger partial charge on any atom is -0.342 e. The van der Waals surface area contributed by atoms with E-state index in [9.17, 15) is 4.79 Å². The Hall–Kier alpha value is -3.29. The molecule has 0 fully saturated rings. The second-order valence-electron chi connectivity index (χ2n) is 6.20. The van der Waals surface area contributed by atoms with Gasteiger partial charge in [-0.15, -0.1) is 10.2 Å². The Morgan fingerprint density at radius 3 is 2.88 bits per heavy atom. The van der Waals surface area contributed by atoms with E-state index >= 15 is 0 Å². The van der Waals surface area contributed by atoms with Gasteiger partial charge in [0, 0.05) is 36.6 Å². The lowest BCUT2D eigenvalue weighted by Crippen LogP contribution is -2.28. The Bertz CT molecular complexity index is 922. The van der Waals surface area contributed by atoms with E-state index in [1.807, 2.05) is 19.1 Å². The maximum atomic E-state index is 12.6. The molecule has 26 heavy (non-hydrogen) atoms. The van der Waals surface area contributed by atoms with Crippen LogP contribution in [0.3, 0.4) is 0 Å². The van der Waals surface area contributed by atoms with Crippen molar-refractivity contribution in [2.24, 2.45) is 0 Å². The smallest absolute Gasteiger partial charge is 0.251 e. The van der Waals surface area contributed by atoms with Crippen LogP contribution in [0.5, 0.6) is 0 Å². The third-order valence-electron chi connectivity index (χ3n) is 4.32. The maximum absolute atomic E-state index is 12.6. The third-order valence-corrected chi connectivity index (χ3v) is 4.32. The maximum Gasteiger partial charge on any atom is 0.251 e. The zero-order valence-electron chi connectivity index (χ0n) is 14.4. The summed E-state index contributed by atoms with van der Waals surface area (Å²) in [6.45, 7) is 2.84. The van der Waals surface area contributed by atoms with E-state index < -0.39 is 0 Å². The van der Waals surface area contributed by atoms with Crippen LogP contribution in [0.25, 0.3) is 0 Å². The largest absolute Gasteiger partial charge is 0.342 e. The summed E-state index contributed by atoms with van der Waals surface area (Å²) in [4.78, 5) is 20.9.